The number of hydrogen-bond donors (Lipinski definition) is 0. The van der Waals surface area contributed by atoms with E-state index in [1.807, 2.05) is 12.1 Å². The molecule has 1 aliphatic rings. The highest BCUT2D eigenvalue weighted by Crippen LogP contribution is 2.40. The van der Waals surface area contributed by atoms with Gasteiger partial charge in [0.25, 0.3) is 0 Å². The summed E-state index contributed by atoms with van der Waals surface area (Å²) in [5.74, 6) is 0.991. The Labute approximate surface area is 130 Å². The Morgan fingerprint density at radius 1 is 1.32 bits per heavy atom. The van der Waals surface area contributed by atoms with Crippen LogP contribution in [0.5, 0.6) is 5.75 Å². The Balaban J connectivity index is 1.92. The molecule has 3 rings (SSSR count). The number of benzene rings is 1. The van der Waals surface area contributed by atoms with E-state index >= 15 is 0 Å². The fraction of sp³-hybridized carbons (Fsp3) is 0.333. The third-order valence-corrected chi connectivity index (χ3v) is 5.53. The van der Waals surface area contributed by atoms with Crippen molar-refractivity contribution in [2.24, 2.45) is 0 Å². The maximum Gasteiger partial charge on any atom is 0.123 e. The smallest absolute Gasteiger partial charge is 0.123 e. The minimum Gasteiger partial charge on any atom is -0.487 e. The first-order valence-corrected chi connectivity index (χ1v) is 8.20. The quantitative estimate of drug-likeness (QED) is 0.640. The summed E-state index contributed by atoms with van der Waals surface area (Å²) >= 11 is 11.7. The van der Waals surface area contributed by atoms with Crippen molar-refractivity contribution in [3.63, 3.8) is 0 Å². The van der Waals surface area contributed by atoms with E-state index in [9.17, 15) is 0 Å². The average molecular weight is 358 g/mol. The first-order valence-electron chi connectivity index (χ1n) is 6.16. The molecule has 1 unspecified atom stereocenters. The van der Waals surface area contributed by atoms with Gasteiger partial charge < -0.3 is 4.74 Å². The second kappa shape index (κ2) is 4.80. The Morgan fingerprint density at radius 3 is 2.79 bits per heavy atom. The van der Waals surface area contributed by atoms with E-state index in [2.05, 4.69) is 48.0 Å². The van der Waals surface area contributed by atoms with Gasteiger partial charge in [-0.2, -0.15) is 0 Å². The Kier molecular flexibility index (Phi) is 3.40. The molecule has 0 N–H and O–H groups in total. The van der Waals surface area contributed by atoms with Crippen molar-refractivity contribution in [2.45, 2.75) is 31.2 Å². The zero-order valence-corrected chi connectivity index (χ0v) is 13.9. The summed E-state index contributed by atoms with van der Waals surface area (Å²) in [4.78, 5) is 1.16. The molecule has 0 fully saturated rings. The highest BCUT2D eigenvalue weighted by atomic mass is 79.9. The molecule has 2 aromatic rings. The molecule has 1 atom stereocenters. The SMILES string of the molecule is CC1(C)Cc2cc(C(Cl)c3ccc(Br)s3)ccc2O1. The van der Waals surface area contributed by atoms with Crippen molar-refractivity contribution in [1.82, 2.24) is 0 Å². The van der Waals surface area contributed by atoms with Gasteiger partial charge in [-0.05, 0) is 59.1 Å². The molecule has 2 heterocycles. The van der Waals surface area contributed by atoms with Crippen LogP contribution in [0.15, 0.2) is 34.1 Å². The van der Waals surface area contributed by atoms with Crippen molar-refractivity contribution in [3.8, 4) is 5.75 Å². The minimum atomic E-state index is -0.102. The molecule has 0 saturated carbocycles. The molecule has 0 bridgehead atoms. The number of rotatable bonds is 2. The lowest BCUT2D eigenvalue weighted by atomic mass is 9.99. The van der Waals surface area contributed by atoms with Gasteiger partial charge in [-0.25, -0.2) is 0 Å². The summed E-state index contributed by atoms with van der Waals surface area (Å²) in [5, 5.41) is -0.0923. The van der Waals surface area contributed by atoms with E-state index in [-0.39, 0.29) is 11.0 Å². The second-order valence-corrected chi connectivity index (χ2v) is 8.34. The predicted octanol–water partition coefficient (Wildman–Crippen LogP) is 5.55. The van der Waals surface area contributed by atoms with Crippen LogP contribution in [-0.2, 0) is 6.42 Å². The Bertz CT molecular complexity index is 620. The van der Waals surface area contributed by atoms with Crippen molar-refractivity contribution in [3.05, 3.63) is 50.1 Å². The lowest BCUT2D eigenvalue weighted by Crippen LogP contribution is -2.24. The Hall–Kier alpha value is -0.510. The van der Waals surface area contributed by atoms with E-state index in [0.29, 0.717) is 0 Å². The van der Waals surface area contributed by atoms with Gasteiger partial charge in [0.2, 0.25) is 0 Å². The third-order valence-electron chi connectivity index (χ3n) is 3.22. The normalized spacial score (nSPS) is 17.9. The van der Waals surface area contributed by atoms with Crippen LogP contribution in [0.4, 0.5) is 0 Å². The molecule has 0 saturated heterocycles. The van der Waals surface area contributed by atoms with Crippen molar-refractivity contribution >= 4 is 38.9 Å². The molecule has 1 aliphatic heterocycles. The van der Waals surface area contributed by atoms with Gasteiger partial charge in [-0.15, -0.1) is 22.9 Å². The molecule has 0 radical (unpaired) electrons. The minimum absolute atomic E-state index is 0.0923. The summed E-state index contributed by atoms with van der Waals surface area (Å²) in [6.07, 6.45) is 0.938. The van der Waals surface area contributed by atoms with Gasteiger partial charge in [0.15, 0.2) is 0 Å². The van der Waals surface area contributed by atoms with Crippen molar-refractivity contribution in [2.75, 3.05) is 0 Å². The molecular formula is C15H14BrClOS. The molecule has 100 valence electrons. The standard InChI is InChI=1S/C15H14BrClOS/c1-15(2)8-10-7-9(3-4-11(10)18-15)14(17)12-5-6-13(16)19-12/h3-7,14H,8H2,1-2H3. The molecule has 0 amide bonds. The molecule has 4 heteroatoms. The van der Waals surface area contributed by atoms with E-state index in [1.165, 1.54) is 5.56 Å². The third kappa shape index (κ3) is 2.69. The molecule has 1 aromatic heterocycles. The summed E-state index contributed by atoms with van der Waals surface area (Å²) in [7, 11) is 0. The summed E-state index contributed by atoms with van der Waals surface area (Å²) in [5.41, 5.74) is 2.29. The van der Waals surface area contributed by atoms with E-state index in [0.717, 1.165) is 26.4 Å². The fourth-order valence-electron chi connectivity index (χ4n) is 2.42. The van der Waals surface area contributed by atoms with Crippen LogP contribution in [0.25, 0.3) is 0 Å². The van der Waals surface area contributed by atoms with Crippen LogP contribution in [0.1, 0.15) is 35.2 Å². The van der Waals surface area contributed by atoms with Crippen LogP contribution in [0.2, 0.25) is 0 Å². The van der Waals surface area contributed by atoms with Crippen LogP contribution in [0, 0.1) is 0 Å². The average Bonchev–Trinajstić information content (AvgIpc) is 2.88. The van der Waals surface area contributed by atoms with Crippen LogP contribution in [-0.4, -0.2) is 5.60 Å². The zero-order valence-electron chi connectivity index (χ0n) is 10.7. The van der Waals surface area contributed by atoms with E-state index < -0.39 is 0 Å². The maximum absolute atomic E-state index is 6.57. The topological polar surface area (TPSA) is 9.23 Å². The van der Waals surface area contributed by atoms with Gasteiger partial charge in [-0.1, -0.05) is 12.1 Å². The van der Waals surface area contributed by atoms with Crippen LogP contribution >= 0.6 is 38.9 Å². The molecule has 1 aromatic carbocycles. The van der Waals surface area contributed by atoms with Gasteiger partial charge in [-0.3, -0.25) is 0 Å². The van der Waals surface area contributed by atoms with Crippen molar-refractivity contribution in [1.29, 1.82) is 0 Å². The molecular weight excluding hydrogens is 344 g/mol. The second-order valence-electron chi connectivity index (χ2n) is 5.41. The number of alkyl halides is 1. The first kappa shape index (κ1) is 13.5. The van der Waals surface area contributed by atoms with Gasteiger partial charge in [0, 0.05) is 11.3 Å². The summed E-state index contributed by atoms with van der Waals surface area (Å²) in [6, 6.07) is 10.4. The fourth-order valence-corrected chi connectivity index (χ4v) is 4.19. The molecule has 1 nitrogen and oxygen atoms in total. The number of thiophene rings is 1. The highest BCUT2D eigenvalue weighted by Gasteiger charge is 2.30. The van der Waals surface area contributed by atoms with E-state index in [4.69, 9.17) is 16.3 Å². The summed E-state index contributed by atoms with van der Waals surface area (Å²) < 4.78 is 7.00. The number of ether oxygens (including phenoxy) is 1. The largest absolute Gasteiger partial charge is 0.487 e. The molecule has 19 heavy (non-hydrogen) atoms. The van der Waals surface area contributed by atoms with Crippen LogP contribution in [0.3, 0.4) is 0 Å². The Morgan fingerprint density at radius 2 is 2.11 bits per heavy atom. The van der Waals surface area contributed by atoms with Crippen LogP contribution < -0.4 is 4.74 Å². The molecule has 0 spiro atoms. The molecule has 0 aliphatic carbocycles. The van der Waals surface area contributed by atoms with Gasteiger partial charge in [0.05, 0.1) is 9.16 Å². The maximum atomic E-state index is 6.57. The van der Waals surface area contributed by atoms with Gasteiger partial charge >= 0.3 is 0 Å². The number of halogens is 2. The van der Waals surface area contributed by atoms with Crippen molar-refractivity contribution < 1.29 is 4.74 Å². The number of fused-ring (bicyclic) bond motifs is 1. The lowest BCUT2D eigenvalue weighted by molar-refractivity contribution is 0.138. The van der Waals surface area contributed by atoms with E-state index in [1.54, 1.807) is 11.3 Å². The van der Waals surface area contributed by atoms with Gasteiger partial charge in [0.1, 0.15) is 11.4 Å². The lowest BCUT2D eigenvalue weighted by Gasteiger charge is -2.16. The highest BCUT2D eigenvalue weighted by molar-refractivity contribution is 9.11. The monoisotopic (exact) mass is 356 g/mol. The summed E-state index contributed by atoms with van der Waals surface area (Å²) in [6.45, 7) is 4.22. The number of hydrogen-bond acceptors (Lipinski definition) is 2. The predicted molar refractivity (Wildman–Crippen MR) is 84.6 cm³/mol. The first-order chi connectivity index (χ1) is 8.94. The zero-order chi connectivity index (χ0) is 13.6.